The Labute approximate surface area is 234 Å². The van der Waals surface area contributed by atoms with Gasteiger partial charge >= 0.3 is 0 Å². The van der Waals surface area contributed by atoms with Gasteiger partial charge in [-0.3, -0.25) is 9.69 Å². The van der Waals surface area contributed by atoms with Gasteiger partial charge in [-0.2, -0.15) is 0 Å². The summed E-state index contributed by atoms with van der Waals surface area (Å²) >= 11 is 1.72. The number of nitrogens with zero attached hydrogens (tertiary/aromatic N) is 7. The molecular weight excluding hydrogens is 520 g/mol. The minimum Gasteiger partial charge on any atom is -0.345 e. The van der Waals surface area contributed by atoms with Crippen molar-refractivity contribution < 1.29 is 0 Å². The highest BCUT2D eigenvalue weighted by Gasteiger charge is 2.33. The number of nitrogens with one attached hydrogen (secondary N) is 1. The Morgan fingerprint density at radius 1 is 0.950 bits per heavy atom. The average molecular weight is 549 g/mol. The summed E-state index contributed by atoms with van der Waals surface area (Å²) in [6.07, 6.45) is 0. The number of fused-ring (bicyclic) bond motifs is 2. The lowest BCUT2D eigenvalue weighted by atomic mass is 10.0. The topological polar surface area (TPSA) is 95.8 Å². The first-order valence-electron chi connectivity index (χ1n) is 13.4. The van der Waals surface area contributed by atoms with Gasteiger partial charge in [-0.25, -0.2) is 9.67 Å². The van der Waals surface area contributed by atoms with E-state index in [4.69, 9.17) is 4.98 Å². The molecule has 0 spiro atoms. The number of pyridine rings is 1. The van der Waals surface area contributed by atoms with Crippen LogP contribution in [-0.4, -0.2) is 61.3 Å². The maximum Gasteiger partial charge on any atom is 0.253 e. The SMILES string of the molecule is Cc1ccc2cc([C@@H](c3nnnn3Cc3ccccc3)N3CCN(c4nc5ccccc5s4)CC3)c(=O)[nH]c2c1. The molecule has 1 aliphatic rings. The Bertz CT molecular complexity index is 1820. The summed E-state index contributed by atoms with van der Waals surface area (Å²) in [5.41, 5.74) is 4.58. The van der Waals surface area contributed by atoms with Crippen molar-refractivity contribution in [2.45, 2.75) is 19.5 Å². The number of tetrazole rings is 1. The van der Waals surface area contributed by atoms with Crippen LogP contribution in [0.3, 0.4) is 0 Å². The van der Waals surface area contributed by atoms with E-state index in [1.807, 2.05) is 48.0 Å². The Morgan fingerprint density at radius 2 is 1.75 bits per heavy atom. The second kappa shape index (κ2) is 10.3. The number of rotatable bonds is 6. The molecule has 0 amide bonds. The molecule has 3 aromatic carbocycles. The molecule has 200 valence electrons. The van der Waals surface area contributed by atoms with Gasteiger partial charge < -0.3 is 9.88 Å². The van der Waals surface area contributed by atoms with Crippen LogP contribution in [0.25, 0.3) is 21.1 Å². The second-order valence-electron chi connectivity index (χ2n) is 10.2. The number of anilines is 1. The number of aromatic amines is 1. The minimum absolute atomic E-state index is 0.119. The lowest BCUT2D eigenvalue weighted by Gasteiger charge is -2.38. The maximum atomic E-state index is 13.6. The Hall–Kier alpha value is -4.41. The number of hydrogen-bond donors (Lipinski definition) is 1. The number of aryl methyl sites for hydroxylation is 1. The van der Waals surface area contributed by atoms with Gasteiger partial charge in [0.05, 0.1) is 16.8 Å². The first-order valence-corrected chi connectivity index (χ1v) is 14.2. The minimum atomic E-state index is -0.398. The van der Waals surface area contributed by atoms with Gasteiger partial charge in [0, 0.05) is 37.3 Å². The van der Waals surface area contributed by atoms with E-state index in [9.17, 15) is 4.79 Å². The molecule has 0 unspecified atom stereocenters. The third-order valence-corrected chi connectivity index (χ3v) is 8.63. The number of piperazine rings is 1. The van der Waals surface area contributed by atoms with Crippen molar-refractivity contribution in [3.05, 3.63) is 112 Å². The van der Waals surface area contributed by atoms with Crippen LogP contribution in [0.1, 0.15) is 28.6 Å². The van der Waals surface area contributed by atoms with Gasteiger partial charge in [0.2, 0.25) is 0 Å². The van der Waals surface area contributed by atoms with Crippen molar-refractivity contribution in [1.29, 1.82) is 0 Å². The van der Waals surface area contributed by atoms with Crippen molar-refractivity contribution in [2.75, 3.05) is 31.1 Å². The first-order chi connectivity index (χ1) is 19.6. The average Bonchev–Trinajstić information content (AvgIpc) is 3.62. The van der Waals surface area contributed by atoms with Crippen LogP contribution in [0.15, 0.2) is 83.7 Å². The standard InChI is InChI=1S/C30H28N8OS/c1-20-11-12-22-18-23(29(39)31-25(22)17-20)27(28-33-34-35-38(28)19-21-7-3-2-4-8-21)36-13-15-37(16-14-36)30-32-24-9-5-6-10-26(24)40-30/h2-12,17-18,27H,13-16,19H2,1H3,(H,31,39)/t27-/m0/s1. The number of thiazole rings is 1. The Kier molecular flexibility index (Phi) is 6.33. The quantitative estimate of drug-likeness (QED) is 0.330. The van der Waals surface area contributed by atoms with Crippen LogP contribution in [0.2, 0.25) is 0 Å². The van der Waals surface area contributed by atoms with Gasteiger partial charge in [0.15, 0.2) is 11.0 Å². The zero-order chi connectivity index (χ0) is 27.1. The van der Waals surface area contributed by atoms with Crippen LogP contribution in [0.4, 0.5) is 5.13 Å². The van der Waals surface area contributed by atoms with Crippen molar-refractivity contribution in [3.63, 3.8) is 0 Å². The highest BCUT2D eigenvalue weighted by atomic mass is 32.1. The molecule has 1 atom stereocenters. The van der Waals surface area contributed by atoms with E-state index in [1.165, 1.54) is 4.70 Å². The summed E-state index contributed by atoms with van der Waals surface area (Å²) in [7, 11) is 0. The molecule has 0 saturated carbocycles. The molecule has 7 rings (SSSR count). The summed E-state index contributed by atoms with van der Waals surface area (Å²) in [5.74, 6) is 0.661. The lowest BCUT2D eigenvalue weighted by molar-refractivity contribution is 0.200. The Balaban J connectivity index is 1.25. The number of para-hydroxylation sites is 1. The lowest BCUT2D eigenvalue weighted by Crippen LogP contribution is -2.49. The summed E-state index contributed by atoms with van der Waals surface area (Å²) in [4.78, 5) is 26.2. The van der Waals surface area contributed by atoms with E-state index in [0.29, 0.717) is 17.9 Å². The smallest absolute Gasteiger partial charge is 0.253 e. The Morgan fingerprint density at radius 3 is 2.58 bits per heavy atom. The number of benzene rings is 3. The molecule has 1 N–H and O–H groups in total. The fourth-order valence-corrected chi connectivity index (χ4v) is 6.49. The van der Waals surface area contributed by atoms with Crippen molar-refractivity contribution in [2.24, 2.45) is 0 Å². The predicted octanol–water partition coefficient (Wildman–Crippen LogP) is 4.39. The molecule has 9 nitrogen and oxygen atoms in total. The van der Waals surface area contributed by atoms with Crippen LogP contribution >= 0.6 is 11.3 Å². The largest absolute Gasteiger partial charge is 0.345 e. The molecule has 1 aliphatic heterocycles. The van der Waals surface area contributed by atoms with E-state index in [0.717, 1.165) is 58.9 Å². The van der Waals surface area contributed by atoms with E-state index >= 15 is 0 Å². The van der Waals surface area contributed by atoms with Gasteiger partial charge in [-0.1, -0.05) is 65.9 Å². The first kappa shape index (κ1) is 24.6. The second-order valence-corrected chi connectivity index (χ2v) is 11.2. The summed E-state index contributed by atoms with van der Waals surface area (Å²) < 4.78 is 3.01. The van der Waals surface area contributed by atoms with Crippen molar-refractivity contribution in [3.8, 4) is 0 Å². The van der Waals surface area contributed by atoms with Crippen molar-refractivity contribution >= 4 is 37.6 Å². The summed E-state index contributed by atoms with van der Waals surface area (Å²) in [6.45, 7) is 5.62. The van der Waals surface area contributed by atoms with E-state index in [-0.39, 0.29) is 5.56 Å². The highest BCUT2D eigenvalue weighted by molar-refractivity contribution is 7.22. The van der Waals surface area contributed by atoms with Gasteiger partial charge in [0.25, 0.3) is 5.56 Å². The zero-order valence-electron chi connectivity index (χ0n) is 22.1. The molecule has 0 bridgehead atoms. The molecular formula is C30H28N8OS. The predicted molar refractivity (Wildman–Crippen MR) is 158 cm³/mol. The number of aromatic nitrogens is 6. The molecule has 0 radical (unpaired) electrons. The van der Waals surface area contributed by atoms with Gasteiger partial charge in [-0.15, -0.1) is 5.10 Å². The van der Waals surface area contributed by atoms with Crippen LogP contribution < -0.4 is 10.5 Å². The summed E-state index contributed by atoms with van der Waals surface area (Å²) in [5, 5.41) is 14.9. The molecule has 1 saturated heterocycles. The molecule has 1 fully saturated rings. The van der Waals surface area contributed by atoms with Crippen molar-refractivity contribution in [1.82, 2.24) is 35.1 Å². The summed E-state index contributed by atoms with van der Waals surface area (Å²) in [6, 6.07) is 26.1. The molecule has 40 heavy (non-hydrogen) atoms. The fourth-order valence-electron chi connectivity index (χ4n) is 5.48. The van der Waals surface area contributed by atoms with E-state index in [2.05, 4.69) is 72.8 Å². The molecule has 0 aliphatic carbocycles. The monoisotopic (exact) mass is 548 g/mol. The van der Waals surface area contributed by atoms with Gasteiger partial charge in [0.1, 0.15) is 6.04 Å². The third-order valence-electron chi connectivity index (χ3n) is 7.54. The molecule has 3 aromatic heterocycles. The number of hydrogen-bond acceptors (Lipinski definition) is 8. The zero-order valence-corrected chi connectivity index (χ0v) is 22.9. The molecule has 4 heterocycles. The van der Waals surface area contributed by atoms with E-state index in [1.54, 1.807) is 11.3 Å². The molecule has 6 aromatic rings. The highest BCUT2D eigenvalue weighted by Crippen LogP contribution is 2.32. The van der Waals surface area contributed by atoms with Gasteiger partial charge in [-0.05, 0) is 58.1 Å². The van der Waals surface area contributed by atoms with Crippen LogP contribution in [-0.2, 0) is 6.54 Å². The normalized spacial score (nSPS) is 15.2. The van der Waals surface area contributed by atoms with E-state index < -0.39 is 6.04 Å². The fraction of sp³-hybridized carbons (Fsp3) is 0.233. The third kappa shape index (κ3) is 4.65. The maximum absolute atomic E-state index is 13.6. The van der Waals surface area contributed by atoms with Crippen LogP contribution in [0, 0.1) is 6.92 Å². The molecule has 10 heteroatoms. The number of H-pyrrole nitrogens is 1. The van der Waals surface area contributed by atoms with Crippen LogP contribution in [0.5, 0.6) is 0 Å².